The minimum Gasteiger partial charge on any atom is -0.387 e. The molecule has 0 aromatic heterocycles. The maximum atomic E-state index is 13.2. The summed E-state index contributed by atoms with van der Waals surface area (Å²) in [6.07, 6.45) is -1.00. The smallest absolute Gasteiger partial charge is 0.326 e. The third-order valence-electron chi connectivity index (χ3n) is 4.72. The summed E-state index contributed by atoms with van der Waals surface area (Å²) in [5.74, 6) is 3.17. The Morgan fingerprint density at radius 1 is 0.941 bits per heavy atom. The quantitative estimate of drug-likeness (QED) is 0.262. The lowest BCUT2D eigenvalue weighted by molar-refractivity contribution is 0.183. The molecule has 2 N–H and O–H groups in total. The number of urea groups is 1. The van der Waals surface area contributed by atoms with Crippen molar-refractivity contribution in [2.75, 3.05) is 16.8 Å². The first-order valence-electron chi connectivity index (χ1n) is 10.6. The Morgan fingerprint density at radius 2 is 1.53 bits per heavy atom. The molecule has 176 valence electrons. The number of hydrogen-bond acceptors (Lipinski definition) is 2. The zero-order valence-corrected chi connectivity index (χ0v) is 22.3. The van der Waals surface area contributed by atoms with Gasteiger partial charge < -0.3 is 10.4 Å². The minimum absolute atomic E-state index is 0.0116. The number of nitrogens with one attached hydrogen (secondary N) is 1. The highest BCUT2D eigenvalue weighted by Gasteiger charge is 2.21. The summed E-state index contributed by atoms with van der Waals surface area (Å²) >= 11 is 18.3. The van der Waals surface area contributed by atoms with Crippen LogP contribution in [0.4, 0.5) is 16.2 Å². The summed E-state index contributed by atoms with van der Waals surface area (Å²) in [5.41, 5.74) is 5.77. The SMILES string of the molecule is C[Si](C)(C)C#Cc1cc(Cl)cc(C(O)CN(C(=O)Nc2ccc(Cl)cc2)c2ccc(Cl)cc2)c1. The third kappa shape index (κ3) is 7.80. The van der Waals surface area contributed by atoms with Crippen LogP contribution in [-0.2, 0) is 0 Å². The van der Waals surface area contributed by atoms with Crippen molar-refractivity contribution in [1.29, 1.82) is 0 Å². The van der Waals surface area contributed by atoms with Crippen LogP contribution in [-0.4, -0.2) is 25.8 Å². The number of anilines is 2. The lowest BCUT2D eigenvalue weighted by Gasteiger charge is -2.26. The molecule has 0 bridgehead atoms. The molecule has 0 aliphatic heterocycles. The van der Waals surface area contributed by atoms with Crippen LogP contribution in [0.2, 0.25) is 34.7 Å². The van der Waals surface area contributed by atoms with Gasteiger partial charge in [-0.05, 0) is 72.3 Å². The average Bonchev–Trinajstić information content (AvgIpc) is 2.77. The van der Waals surface area contributed by atoms with Crippen LogP contribution in [0, 0.1) is 11.5 Å². The van der Waals surface area contributed by atoms with E-state index in [0.717, 1.165) is 5.56 Å². The Bertz CT molecular complexity index is 1210. The van der Waals surface area contributed by atoms with Crippen molar-refractivity contribution in [3.8, 4) is 11.5 Å². The number of hydrogen-bond donors (Lipinski definition) is 2. The number of nitrogens with zero attached hydrogens (tertiary/aromatic N) is 1. The predicted octanol–water partition coefficient (Wildman–Crippen LogP) is 7.65. The number of carbonyl (C=O) groups is 1. The van der Waals surface area contributed by atoms with Crippen LogP contribution in [0.3, 0.4) is 0 Å². The van der Waals surface area contributed by atoms with E-state index in [-0.39, 0.29) is 6.54 Å². The summed E-state index contributed by atoms with van der Waals surface area (Å²) in [6, 6.07) is 18.5. The summed E-state index contributed by atoms with van der Waals surface area (Å²) in [5, 5.41) is 15.5. The lowest BCUT2D eigenvalue weighted by atomic mass is 10.1. The Kier molecular flexibility index (Phi) is 8.70. The number of aliphatic hydroxyl groups is 1. The summed E-state index contributed by atoms with van der Waals surface area (Å²) in [6.45, 7) is 6.46. The lowest BCUT2D eigenvalue weighted by Crippen LogP contribution is -2.38. The van der Waals surface area contributed by atoms with Gasteiger partial charge in [0.2, 0.25) is 0 Å². The van der Waals surface area contributed by atoms with Crippen LogP contribution < -0.4 is 10.2 Å². The van der Waals surface area contributed by atoms with Gasteiger partial charge in [0.05, 0.1) is 12.6 Å². The molecule has 0 saturated carbocycles. The summed E-state index contributed by atoms with van der Waals surface area (Å²) in [7, 11) is -1.58. The molecule has 3 aromatic carbocycles. The largest absolute Gasteiger partial charge is 0.387 e. The standard InChI is InChI=1S/C26H25Cl3N2O2Si/c1-34(2,3)13-12-18-14-19(16-22(29)15-18)25(32)17-31(24-10-6-21(28)7-11-24)26(33)30-23-8-4-20(27)5-9-23/h4-11,14-16,25,32H,17H2,1-3H3,(H,30,33). The highest BCUT2D eigenvalue weighted by molar-refractivity contribution is 6.83. The van der Waals surface area contributed by atoms with Crippen LogP contribution in [0.5, 0.6) is 0 Å². The highest BCUT2D eigenvalue weighted by Crippen LogP contribution is 2.26. The highest BCUT2D eigenvalue weighted by atomic mass is 35.5. The maximum Gasteiger partial charge on any atom is 0.326 e. The van der Waals surface area contributed by atoms with Gasteiger partial charge in [-0.25, -0.2) is 4.79 Å². The molecule has 0 radical (unpaired) electrons. The molecule has 0 heterocycles. The van der Waals surface area contributed by atoms with Crippen molar-refractivity contribution >= 4 is 60.3 Å². The number of amides is 2. The van der Waals surface area contributed by atoms with Crippen LogP contribution in [0.1, 0.15) is 17.2 Å². The normalized spacial score (nSPS) is 11.9. The fourth-order valence-corrected chi connectivity index (χ4v) is 4.08. The van der Waals surface area contributed by atoms with Crippen LogP contribution in [0.25, 0.3) is 0 Å². The van der Waals surface area contributed by atoms with Crippen molar-refractivity contribution in [3.63, 3.8) is 0 Å². The molecule has 3 rings (SSSR count). The summed E-state index contributed by atoms with van der Waals surface area (Å²) < 4.78 is 0. The van der Waals surface area contributed by atoms with Gasteiger partial charge in [-0.3, -0.25) is 4.90 Å². The van der Waals surface area contributed by atoms with E-state index in [4.69, 9.17) is 34.8 Å². The monoisotopic (exact) mass is 530 g/mol. The molecule has 2 amide bonds. The van der Waals surface area contributed by atoms with E-state index in [1.807, 2.05) is 0 Å². The van der Waals surface area contributed by atoms with Crippen LogP contribution >= 0.6 is 34.8 Å². The fourth-order valence-electron chi connectivity index (χ4n) is 3.07. The van der Waals surface area contributed by atoms with Crippen molar-refractivity contribution in [2.45, 2.75) is 25.7 Å². The molecule has 0 saturated heterocycles. The molecule has 0 aliphatic carbocycles. The third-order valence-corrected chi connectivity index (χ3v) is 6.32. The van der Waals surface area contributed by atoms with E-state index in [1.165, 1.54) is 4.90 Å². The molecule has 0 fully saturated rings. The van der Waals surface area contributed by atoms with Crippen LogP contribution in [0.15, 0.2) is 66.7 Å². The molecular weight excluding hydrogens is 507 g/mol. The molecule has 1 unspecified atom stereocenters. The molecule has 3 aromatic rings. The Labute approximate surface area is 216 Å². The minimum atomic E-state index is -1.58. The van der Waals surface area contributed by atoms with E-state index in [9.17, 15) is 9.90 Å². The Hall–Kier alpha value is -2.46. The number of carbonyl (C=O) groups excluding carboxylic acids is 1. The number of benzene rings is 3. The van der Waals surface area contributed by atoms with Gasteiger partial charge in [-0.2, -0.15) is 0 Å². The molecule has 34 heavy (non-hydrogen) atoms. The molecule has 4 nitrogen and oxygen atoms in total. The first-order chi connectivity index (χ1) is 16.0. The topological polar surface area (TPSA) is 52.6 Å². The van der Waals surface area contributed by atoms with E-state index >= 15 is 0 Å². The zero-order chi connectivity index (χ0) is 24.9. The van der Waals surface area contributed by atoms with E-state index in [1.54, 1.807) is 66.7 Å². The Morgan fingerprint density at radius 3 is 2.12 bits per heavy atom. The van der Waals surface area contributed by atoms with E-state index < -0.39 is 20.2 Å². The van der Waals surface area contributed by atoms with Gasteiger partial charge in [0.1, 0.15) is 8.07 Å². The van der Waals surface area contributed by atoms with Gasteiger partial charge >= 0.3 is 6.03 Å². The second kappa shape index (κ2) is 11.3. The number of rotatable bonds is 5. The zero-order valence-electron chi connectivity index (χ0n) is 19.1. The van der Waals surface area contributed by atoms with Gasteiger partial charge in [-0.15, -0.1) is 5.54 Å². The van der Waals surface area contributed by atoms with Gasteiger partial charge in [0.15, 0.2) is 0 Å². The first kappa shape index (κ1) is 26.1. The van der Waals surface area contributed by atoms with Gasteiger partial charge in [0.25, 0.3) is 0 Å². The average molecular weight is 532 g/mol. The molecular formula is C26H25Cl3N2O2Si. The number of aliphatic hydroxyl groups excluding tert-OH is 1. The first-order valence-corrected chi connectivity index (χ1v) is 15.2. The Balaban J connectivity index is 1.89. The van der Waals surface area contributed by atoms with Crippen molar-refractivity contribution in [1.82, 2.24) is 0 Å². The molecule has 8 heteroatoms. The van der Waals surface area contributed by atoms with Crippen molar-refractivity contribution in [2.24, 2.45) is 0 Å². The molecule has 0 spiro atoms. The van der Waals surface area contributed by atoms with Crippen molar-refractivity contribution < 1.29 is 9.90 Å². The van der Waals surface area contributed by atoms with E-state index in [2.05, 4.69) is 36.4 Å². The fraction of sp³-hybridized carbons (Fsp3) is 0.192. The second-order valence-corrected chi connectivity index (χ2v) is 14.9. The van der Waals surface area contributed by atoms with E-state index in [0.29, 0.717) is 32.0 Å². The van der Waals surface area contributed by atoms with Gasteiger partial charge in [-0.1, -0.05) is 60.4 Å². The molecule has 1 atom stereocenters. The number of halogens is 3. The maximum absolute atomic E-state index is 13.2. The molecule has 0 aliphatic rings. The summed E-state index contributed by atoms with van der Waals surface area (Å²) in [4.78, 5) is 14.6. The van der Waals surface area contributed by atoms with Crippen molar-refractivity contribution in [3.05, 3.63) is 92.9 Å². The van der Waals surface area contributed by atoms with Gasteiger partial charge in [0, 0.05) is 32.0 Å². The predicted molar refractivity (Wildman–Crippen MR) is 146 cm³/mol. The second-order valence-electron chi connectivity index (χ2n) is 8.81.